The van der Waals surface area contributed by atoms with Gasteiger partial charge in [-0.15, -0.1) is 0 Å². The summed E-state index contributed by atoms with van der Waals surface area (Å²) in [5, 5.41) is 22.0. The quantitative estimate of drug-likeness (QED) is 0.508. The van der Waals surface area contributed by atoms with Gasteiger partial charge in [0.25, 0.3) is 0 Å². The van der Waals surface area contributed by atoms with Crippen molar-refractivity contribution < 1.29 is 24.5 Å². The molecule has 0 saturated heterocycles. The monoisotopic (exact) mass is 283 g/mol. The van der Waals surface area contributed by atoms with Crippen molar-refractivity contribution in [3.05, 3.63) is 23.4 Å². The number of carbonyl (C=O) groups is 2. The zero-order valence-electron chi connectivity index (χ0n) is 11.2. The van der Waals surface area contributed by atoms with Gasteiger partial charge in [0, 0.05) is 25.2 Å². The van der Waals surface area contributed by atoms with Crippen molar-refractivity contribution >= 4 is 17.7 Å². The molecule has 20 heavy (non-hydrogen) atoms. The first-order chi connectivity index (χ1) is 9.36. The fraction of sp³-hybridized carbons (Fsp3) is 0.417. The number of nitrogen functional groups attached to an aromatic ring is 1. The third kappa shape index (κ3) is 3.90. The van der Waals surface area contributed by atoms with Crippen LogP contribution in [-0.4, -0.2) is 46.8 Å². The Balaban J connectivity index is 2.90. The maximum Gasteiger partial charge on any atom is 0.341 e. The van der Waals surface area contributed by atoms with Crippen LogP contribution < -0.4 is 11.1 Å². The van der Waals surface area contributed by atoms with E-state index in [1.54, 1.807) is 0 Å². The number of nitrogens with one attached hydrogen (secondary N) is 1. The lowest BCUT2D eigenvalue weighted by molar-refractivity contribution is -0.119. The Labute approximate surface area is 115 Å². The molecule has 0 spiro atoms. The molecule has 0 saturated carbocycles. The number of amides is 1. The van der Waals surface area contributed by atoms with E-state index < -0.39 is 18.2 Å². The largest absolute Gasteiger partial charge is 0.465 e. The van der Waals surface area contributed by atoms with E-state index >= 15 is 0 Å². The van der Waals surface area contributed by atoms with Gasteiger partial charge in [-0.05, 0) is 6.07 Å². The second kappa shape index (κ2) is 6.83. The first kappa shape index (κ1) is 15.9. The molecule has 0 aliphatic carbocycles. The first-order valence-corrected chi connectivity index (χ1v) is 5.81. The third-order valence-electron chi connectivity index (χ3n) is 2.61. The zero-order chi connectivity index (χ0) is 15.3. The number of anilines is 1. The van der Waals surface area contributed by atoms with E-state index in [1.807, 2.05) is 0 Å². The van der Waals surface area contributed by atoms with Crippen LogP contribution in [0.15, 0.2) is 12.3 Å². The maximum atomic E-state index is 11.5. The summed E-state index contributed by atoms with van der Waals surface area (Å²) in [5.74, 6) is -1.06. The number of hydrogen-bond donors (Lipinski definition) is 4. The number of nitrogens with two attached hydrogens (primary N) is 1. The molecule has 5 N–H and O–H groups in total. The van der Waals surface area contributed by atoms with Gasteiger partial charge in [0.05, 0.1) is 7.11 Å². The van der Waals surface area contributed by atoms with E-state index in [0.717, 1.165) is 0 Å². The number of aliphatic hydroxyl groups excluding tert-OH is 2. The molecule has 0 aliphatic heterocycles. The smallest absolute Gasteiger partial charge is 0.341 e. The Morgan fingerprint density at radius 1 is 1.50 bits per heavy atom. The Morgan fingerprint density at radius 2 is 2.15 bits per heavy atom. The molecule has 1 aromatic rings. The van der Waals surface area contributed by atoms with Crippen LogP contribution in [0, 0.1) is 0 Å². The van der Waals surface area contributed by atoms with E-state index in [1.165, 1.54) is 26.3 Å². The highest BCUT2D eigenvalue weighted by Gasteiger charge is 2.21. The zero-order valence-corrected chi connectivity index (χ0v) is 11.2. The van der Waals surface area contributed by atoms with E-state index in [4.69, 9.17) is 5.73 Å². The van der Waals surface area contributed by atoms with Gasteiger partial charge >= 0.3 is 5.97 Å². The van der Waals surface area contributed by atoms with Gasteiger partial charge in [0.15, 0.2) is 0 Å². The minimum absolute atomic E-state index is 0.00391. The average molecular weight is 283 g/mol. The van der Waals surface area contributed by atoms with Crippen LogP contribution in [-0.2, 0) is 9.53 Å². The molecular weight excluding hydrogens is 266 g/mol. The summed E-state index contributed by atoms with van der Waals surface area (Å²) in [6.07, 6.45) is -1.32. The molecule has 0 radical (unpaired) electrons. The summed E-state index contributed by atoms with van der Waals surface area (Å²) in [4.78, 5) is 26.0. The normalized spacial score (nSPS) is 13.4. The second-order valence-corrected chi connectivity index (χ2v) is 4.14. The van der Waals surface area contributed by atoms with E-state index in [2.05, 4.69) is 15.0 Å². The molecule has 2 atom stereocenters. The Morgan fingerprint density at radius 3 is 2.70 bits per heavy atom. The minimum Gasteiger partial charge on any atom is -0.465 e. The summed E-state index contributed by atoms with van der Waals surface area (Å²) < 4.78 is 4.53. The standard InChI is InChI=1S/C12H17N3O5/c1-6(16)14-5-9(17)10(18)7-3-8(12(19)20-2)11(13)15-4-7/h3-4,9-10,17-18H,5H2,1-2H3,(H2,13,15)(H,14,16). The number of hydrogen-bond acceptors (Lipinski definition) is 7. The maximum absolute atomic E-state index is 11.5. The number of rotatable bonds is 5. The molecule has 8 heteroatoms. The highest BCUT2D eigenvalue weighted by atomic mass is 16.5. The number of carbonyl (C=O) groups excluding carboxylic acids is 2. The molecule has 2 unspecified atom stereocenters. The van der Waals surface area contributed by atoms with Crippen LogP contribution in [0.25, 0.3) is 0 Å². The van der Waals surface area contributed by atoms with Gasteiger partial charge in [0.2, 0.25) is 5.91 Å². The first-order valence-electron chi connectivity index (χ1n) is 5.81. The number of nitrogens with zero attached hydrogens (tertiary/aromatic N) is 1. The van der Waals surface area contributed by atoms with E-state index in [-0.39, 0.29) is 29.4 Å². The van der Waals surface area contributed by atoms with Gasteiger partial charge in [-0.1, -0.05) is 0 Å². The van der Waals surface area contributed by atoms with Crippen molar-refractivity contribution in [2.24, 2.45) is 0 Å². The van der Waals surface area contributed by atoms with Crippen LogP contribution in [0.2, 0.25) is 0 Å². The summed E-state index contributed by atoms with van der Waals surface area (Å²) in [6, 6.07) is 1.29. The van der Waals surface area contributed by atoms with Crippen molar-refractivity contribution in [3.8, 4) is 0 Å². The fourth-order valence-electron chi connectivity index (χ4n) is 1.51. The van der Waals surface area contributed by atoms with Crippen molar-refractivity contribution in [1.29, 1.82) is 0 Å². The lowest BCUT2D eigenvalue weighted by Crippen LogP contribution is -2.34. The Bertz CT molecular complexity index is 506. The number of pyridine rings is 1. The third-order valence-corrected chi connectivity index (χ3v) is 2.61. The number of ether oxygens (including phenoxy) is 1. The molecule has 0 aromatic carbocycles. The van der Waals surface area contributed by atoms with Crippen molar-refractivity contribution in [2.75, 3.05) is 19.4 Å². The Hall–Kier alpha value is -2.19. The number of esters is 1. The van der Waals surface area contributed by atoms with Crippen LogP contribution >= 0.6 is 0 Å². The van der Waals surface area contributed by atoms with Gasteiger partial charge in [-0.3, -0.25) is 4.79 Å². The van der Waals surface area contributed by atoms with Crippen LogP contribution in [0.3, 0.4) is 0 Å². The minimum atomic E-state index is -1.32. The second-order valence-electron chi connectivity index (χ2n) is 4.14. The van der Waals surface area contributed by atoms with Crippen LogP contribution in [0.1, 0.15) is 28.9 Å². The van der Waals surface area contributed by atoms with Crippen molar-refractivity contribution in [3.63, 3.8) is 0 Å². The van der Waals surface area contributed by atoms with Crippen LogP contribution in [0.4, 0.5) is 5.82 Å². The summed E-state index contributed by atoms with van der Waals surface area (Å²) in [6.45, 7) is 1.16. The van der Waals surface area contributed by atoms with Gasteiger partial charge < -0.3 is 26.0 Å². The van der Waals surface area contributed by atoms with Crippen LogP contribution in [0.5, 0.6) is 0 Å². The van der Waals surface area contributed by atoms with Gasteiger partial charge in [-0.25, -0.2) is 9.78 Å². The van der Waals surface area contributed by atoms with Gasteiger partial charge in [-0.2, -0.15) is 0 Å². The molecule has 8 nitrogen and oxygen atoms in total. The van der Waals surface area contributed by atoms with E-state index in [0.29, 0.717) is 0 Å². The molecule has 110 valence electrons. The van der Waals surface area contributed by atoms with Gasteiger partial charge in [0.1, 0.15) is 23.6 Å². The highest BCUT2D eigenvalue weighted by molar-refractivity contribution is 5.94. The molecule has 1 heterocycles. The summed E-state index contributed by atoms with van der Waals surface area (Å²) in [5.41, 5.74) is 5.72. The molecule has 0 fully saturated rings. The predicted octanol–water partition coefficient (Wildman–Crippen LogP) is -1.02. The number of aromatic nitrogens is 1. The lowest BCUT2D eigenvalue weighted by atomic mass is 10.0. The molecule has 0 aliphatic rings. The SMILES string of the molecule is COC(=O)c1cc(C(O)C(O)CNC(C)=O)cnc1N. The molecule has 1 aromatic heterocycles. The molecule has 1 amide bonds. The number of methoxy groups -OCH3 is 1. The topological polar surface area (TPSA) is 135 Å². The predicted molar refractivity (Wildman–Crippen MR) is 69.6 cm³/mol. The summed E-state index contributed by atoms with van der Waals surface area (Å²) in [7, 11) is 1.19. The Kier molecular flexibility index (Phi) is 5.42. The van der Waals surface area contributed by atoms with E-state index in [9.17, 15) is 19.8 Å². The molecule has 1 rings (SSSR count). The average Bonchev–Trinajstić information content (AvgIpc) is 2.43. The van der Waals surface area contributed by atoms with Crippen molar-refractivity contribution in [2.45, 2.75) is 19.1 Å². The highest BCUT2D eigenvalue weighted by Crippen LogP contribution is 2.20. The van der Waals surface area contributed by atoms with Crippen molar-refractivity contribution in [1.82, 2.24) is 10.3 Å². The molecular formula is C12H17N3O5. The molecule has 0 bridgehead atoms. The number of aliphatic hydroxyl groups is 2. The summed E-state index contributed by atoms with van der Waals surface area (Å²) >= 11 is 0. The lowest BCUT2D eigenvalue weighted by Gasteiger charge is -2.18. The fourth-order valence-corrected chi connectivity index (χ4v) is 1.51.